The molecule has 0 N–H and O–H groups in total. The maximum absolute atomic E-state index is 13.3. The summed E-state index contributed by atoms with van der Waals surface area (Å²) in [5.41, 5.74) is 3.98. The molecule has 1 aromatic heterocycles. The first kappa shape index (κ1) is 19.0. The Hall–Kier alpha value is -3.34. The van der Waals surface area contributed by atoms with Gasteiger partial charge in [-0.15, -0.1) is 0 Å². The Morgan fingerprint density at radius 1 is 1.17 bits per heavy atom. The van der Waals surface area contributed by atoms with Crippen molar-refractivity contribution >= 4 is 11.6 Å². The van der Waals surface area contributed by atoms with Gasteiger partial charge >= 0.3 is 0 Å². The van der Waals surface area contributed by atoms with Crippen LogP contribution < -0.4 is 14.4 Å². The van der Waals surface area contributed by atoms with E-state index in [2.05, 4.69) is 18.0 Å². The zero-order valence-electron chi connectivity index (χ0n) is 16.7. The molecule has 0 saturated carbocycles. The molecule has 148 valence electrons. The Bertz CT molecular complexity index is 987. The minimum atomic E-state index is 0.0333. The standard InChI is InChI=1S/C24H24N2O3/c1-17-12-20-13-18(5-10-23(20)29-17)14-24(27)26(16-19-4-3-11-25-15-19)21-6-8-22(28-2)9-7-21/h3-11,13,15,17H,12,14,16H2,1-2H3. The fourth-order valence-electron chi connectivity index (χ4n) is 3.62. The van der Waals surface area contributed by atoms with E-state index in [9.17, 15) is 4.79 Å². The number of nitrogens with zero attached hydrogens (tertiary/aromatic N) is 2. The molecule has 0 spiro atoms. The van der Waals surface area contributed by atoms with Gasteiger partial charge in [0.15, 0.2) is 0 Å². The average molecular weight is 388 g/mol. The molecule has 3 aromatic rings. The third kappa shape index (κ3) is 4.40. The zero-order chi connectivity index (χ0) is 20.2. The van der Waals surface area contributed by atoms with Crippen LogP contribution in [0.15, 0.2) is 67.0 Å². The molecule has 29 heavy (non-hydrogen) atoms. The van der Waals surface area contributed by atoms with Crippen LogP contribution in [0.1, 0.15) is 23.6 Å². The van der Waals surface area contributed by atoms with E-state index < -0.39 is 0 Å². The number of ether oxygens (including phenoxy) is 2. The lowest BCUT2D eigenvalue weighted by Crippen LogP contribution is -2.31. The van der Waals surface area contributed by atoms with Gasteiger partial charge in [0.25, 0.3) is 0 Å². The van der Waals surface area contributed by atoms with Crippen molar-refractivity contribution in [3.05, 3.63) is 83.7 Å². The number of rotatable bonds is 6. The van der Waals surface area contributed by atoms with Crippen LogP contribution >= 0.6 is 0 Å². The maximum Gasteiger partial charge on any atom is 0.231 e. The summed E-state index contributed by atoms with van der Waals surface area (Å²) in [6.07, 6.45) is 4.93. The van der Waals surface area contributed by atoms with Crippen LogP contribution in [0, 0.1) is 0 Å². The van der Waals surface area contributed by atoms with Gasteiger partial charge in [0.1, 0.15) is 17.6 Å². The molecular formula is C24H24N2O3. The highest BCUT2D eigenvalue weighted by molar-refractivity contribution is 5.94. The van der Waals surface area contributed by atoms with Gasteiger partial charge in [-0.05, 0) is 60.0 Å². The van der Waals surface area contributed by atoms with Gasteiger partial charge in [-0.1, -0.05) is 18.2 Å². The smallest absolute Gasteiger partial charge is 0.231 e. The lowest BCUT2D eigenvalue weighted by molar-refractivity contribution is -0.118. The molecule has 1 amide bonds. The molecule has 1 aliphatic rings. The Labute approximate surface area is 170 Å². The number of carbonyl (C=O) groups is 1. The number of methoxy groups -OCH3 is 1. The molecule has 2 heterocycles. The number of fused-ring (bicyclic) bond motifs is 1. The van der Waals surface area contributed by atoms with Crippen LogP contribution in [0.4, 0.5) is 5.69 Å². The van der Waals surface area contributed by atoms with E-state index in [1.807, 2.05) is 48.5 Å². The number of amides is 1. The first-order valence-electron chi connectivity index (χ1n) is 9.74. The summed E-state index contributed by atoms with van der Waals surface area (Å²) in [5, 5.41) is 0. The number of pyridine rings is 1. The van der Waals surface area contributed by atoms with Crippen molar-refractivity contribution in [2.24, 2.45) is 0 Å². The van der Waals surface area contributed by atoms with Crippen molar-refractivity contribution in [3.63, 3.8) is 0 Å². The predicted octanol–water partition coefficient (Wildman–Crippen LogP) is 4.19. The lowest BCUT2D eigenvalue weighted by atomic mass is 10.0. The number of aromatic nitrogens is 1. The summed E-state index contributed by atoms with van der Waals surface area (Å²) in [6, 6.07) is 17.5. The van der Waals surface area contributed by atoms with Crippen LogP contribution in [-0.2, 0) is 24.2 Å². The summed E-state index contributed by atoms with van der Waals surface area (Å²) in [4.78, 5) is 19.3. The molecule has 5 nitrogen and oxygen atoms in total. The second kappa shape index (κ2) is 8.35. The molecule has 4 rings (SSSR count). The van der Waals surface area contributed by atoms with Gasteiger partial charge in [-0.25, -0.2) is 0 Å². The summed E-state index contributed by atoms with van der Waals surface area (Å²) in [5.74, 6) is 1.72. The van der Waals surface area contributed by atoms with Crippen LogP contribution in [0.2, 0.25) is 0 Å². The molecule has 0 radical (unpaired) electrons. The van der Waals surface area contributed by atoms with Gasteiger partial charge in [0.2, 0.25) is 5.91 Å². The molecule has 0 fully saturated rings. The second-order valence-corrected chi connectivity index (χ2v) is 7.29. The fourth-order valence-corrected chi connectivity index (χ4v) is 3.62. The van der Waals surface area contributed by atoms with E-state index in [1.54, 1.807) is 24.4 Å². The maximum atomic E-state index is 13.3. The molecule has 5 heteroatoms. The van der Waals surface area contributed by atoms with E-state index >= 15 is 0 Å². The number of anilines is 1. The van der Waals surface area contributed by atoms with E-state index in [0.29, 0.717) is 13.0 Å². The molecule has 2 aromatic carbocycles. The number of carbonyl (C=O) groups excluding carboxylic acids is 1. The summed E-state index contributed by atoms with van der Waals surface area (Å²) >= 11 is 0. The highest BCUT2D eigenvalue weighted by Crippen LogP contribution is 2.30. The monoisotopic (exact) mass is 388 g/mol. The largest absolute Gasteiger partial charge is 0.497 e. The normalized spacial score (nSPS) is 14.8. The van der Waals surface area contributed by atoms with Gasteiger partial charge in [0, 0.05) is 24.5 Å². The van der Waals surface area contributed by atoms with Gasteiger partial charge in [0.05, 0.1) is 20.1 Å². The highest BCUT2D eigenvalue weighted by Gasteiger charge is 2.21. The zero-order valence-corrected chi connectivity index (χ0v) is 16.7. The third-order valence-electron chi connectivity index (χ3n) is 5.06. The minimum Gasteiger partial charge on any atom is -0.497 e. The van der Waals surface area contributed by atoms with Crippen molar-refractivity contribution < 1.29 is 14.3 Å². The van der Waals surface area contributed by atoms with Gasteiger partial charge < -0.3 is 14.4 Å². The topological polar surface area (TPSA) is 51.7 Å². The van der Waals surface area contributed by atoms with E-state index in [0.717, 1.165) is 34.7 Å². The van der Waals surface area contributed by atoms with E-state index in [1.165, 1.54) is 5.56 Å². The molecule has 1 aliphatic heterocycles. The van der Waals surface area contributed by atoms with E-state index in [-0.39, 0.29) is 12.0 Å². The quantitative estimate of drug-likeness (QED) is 0.635. The molecule has 1 unspecified atom stereocenters. The number of hydrogen-bond donors (Lipinski definition) is 0. The summed E-state index contributed by atoms with van der Waals surface area (Å²) in [7, 11) is 1.63. The van der Waals surface area contributed by atoms with Gasteiger partial charge in [-0.3, -0.25) is 9.78 Å². The van der Waals surface area contributed by atoms with Crippen molar-refractivity contribution in [3.8, 4) is 11.5 Å². The molecule has 0 aliphatic carbocycles. The number of hydrogen-bond acceptors (Lipinski definition) is 4. The van der Waals surface area contributed by atoms with Crippen molar-refractivity contribution in [1.82, 2.24) is 4.98 Å². The van der Waals surface area contributed by atoms with Crippen LogP contribution in [0.3, 0.4) is 0 Å². The first-order valence-corrected chi connectivity index (χ1v) is 9.74. The van der Waals surface area contributed by atoms with E-state index in [4.69, 9.17) is 9.47 Å². The van der Waals surface area contributed by atoms with Crippen LogP contribution in [0.5, 0.6) is 11.5 Å². The molecule has 1 atom stereocenters. The van der Waals surface area contributed by atoms with Gasteiger partial charge in [-0.2, -0.15) is 0 Å². The Morgan fingerprint density at radius 3 is 2.72 bits per heavy atom. The number of benzene rings is 2. The highest BCUT2D eigenvalue weighted by atomic mass is 16.5. The SMILES string of the molecule is COc1ccc(N(Cc2cccnc2)C(=O)Cc2ccc3c(c2)CC(C)O3)cc1. The van der Waals surface area contributed by atoms with Crippen molar-refractivity contribution in [1.29, 1.82) is 0 Å². The van der Waals surface area contributed by atoms with Crippen LogP contribution in [-0.4, -0.2) is 24.1 Å². The summed E-state index contributed by atoms with van der Waals surface area (Å²) in [6.45, 7) is 2.52. The van der Waals surface area contributed by atoms with Crippen LogP contribution in [0.25, 0.3) is 0 Å². The summed E-state index contributed by atoms with van der Waals surface area (Å²) < 4.78 is 11.0. The predicted molar refractivity (Wildman–Crippen MR) is 112 cm³/mol. The fraction of sp³-hybridized carbons (Fsp3) is 0.250. The molecule has 0 bridgehead atoms. The Balaban J connectivity index is 1.58. The Kier molecular flexibility index (Phi) is 5.47. The molecule has 0 saturated heterocycles. The van der Waals surface area contributed by atoms with Crippen molar-refractivity contribution in [2.75, 3.05) is 12.0 Å². The average Bonchev–Trinajstić information content (AvgIpc) is 3.12. The lowest BCUT2D eigenvalue weighted by Gasteiger charge is -2.23. The Morgan fingerprint density at radius 2 is 2.00 bits per heavy atom. The molecular weight excluding hydrogens is 364 g/mol. The second-order valence-electron chi connectivity index (χ2n) is 7.29. The van der Waals surface area contributed by atoms with Crippen molar-refractivity contribution in [2.45, 2.75) is 32.4 Å². The minimum absolute atomic E-state index is 0.0333. The third-order valence-corrected chi connectivity index (χ3v) is 5.06. The first-order chi connectivity index (χ1) is 14.1.